The maximum Gasteiger partial charge on any atom is 0.333 e. The van der Waals surface area contributed by atoms with Gasteiger partial charge in [0.05, 0.1) is 6.61 Å². The monoisotopic (exact) mass is 232 g/mol. The first-order chi connectivity index (χ1) is 8.09. The zero-order chi connectivity index (χ0) is 12.7. The van der Waals surface area contributed by atoms with E-state index in [0.717, 1.165) is 6.42 Å². The molecule has 0 N–H and O–H groups in total. The molecule has 1 aromatic rings. The summed E-state index contributed by atoms with van der Waals surface area (Å²) in [6.07, 6.45) is 2.68. The molecule has 0 bridgehead atoms. The first-order valence-corrected chi connectivity index (χ1v) is 5.97. The van der Waals surface area contributed by atoms with Gasteiger partial charge in [0.2, 0.25) is 0 Å². The Morgan fingerprint density at radius 1 is 1.29 bits per heavy atom. The number of benzene rings is 1. The topological polar surface area (TPSA) is 26.3 Å². The van der Waals surface area contributed by atoms with E-state index in [4.69, 9.17) is 4.74 Å². The van der Waals surface area contributed by atoms with Crippen molar-refractivity contribution in [1.82, 2.24) is 0 Å². The van der Waals surface area contributed by atoms with Crippen LogP contribution in [-0.2, 0) is 16.0 Å². The van der Waals surface area contributed by atoms with Gasteiger partial charge in [-0.15, -0.1) is 0 Å². The molecule has 0 saturated carbocycles. The molecule has 0 amide bonds. The van der Waals surface area contributed by atoms with Crippen LogP contribution >= 0.6 is 0 Å². The summed E-state index contributed by atoms with van der Waals surface area (Å²) in [4.78, 5) is 11.6. The molecule has 0 aliphatic rings. The summed E-state index contributed by atoms with van der Waals surface area (Å²) in [7, 11) is 0. The average molecular weight is 232 g/mol. The van der Waals surface area contributed by atoms with Gasteiger partial charge in [0.25, 0.3) is 0 Å². The van der Waals surface area contributed by atoms with Crippen LogP contribution in [0.2, 0.25) is 0 Å². The number of carbonyl (C=O) groups excluding carboxylic acids is 1. The maximum absolute atomic E-state index is 11.6. The van der Waals surface area contributed by atoms with E-state index in [-0.39, 0.29) is 5.97 Å². The second-order valence-corrected chi connectivity index (χ2v) is 4.57. The number of rotatable bonds is 5. The highest BCUT2D eigenvalue weighted by Crippen LogP contribution is 2.05. The molecule has 17 heavy (non-hydrogen) atoms. The molecule has 0 fully saturated rings. The van der Waals surface area contributed by atoms with Gasteiger partial charge in [-0.1, -0.05) is 50.3 Å². The van der Waals surface area contributed by atoms with Gasteiger partial charge in [0, 0.05) is 5.57 Å². The fourth-order valence-corrected chi connectivity index (χ4v) is 1.32. The molecule has 1 rings (SSSR count). The number of carbonyl (C=O) groups is 1. The van der Waals surface area contributed by atoms with Crippen molar-refractivity contribution in [2.45, 2.75) is 27.2 Å². The van der Waals surface area contributed by atoms with E-state index >= 15 is 0 Å². The van der Waals surface area contributed by atoms with Gasteiger partial charge >= 0.3 is 5.97 Å². The molecule has 0 atom stereocenters. The van der Waals surface area contributed by atoms with E-state index in [2.05, 4.69) is 0 Å². The third kappa shape index (κ3) is 5.34. The van der Waals surface area contributed by atoms with Gasteiger partial charge in [-0.25, -0.2) is 4.79 Å². The first kappa shape index (κ1) is 13.5. The van der Waals surface area contributed by atoms with Crippen molar-refractivity contribution in [2.75, 3.05) is 6.61 Å². The fraction of sp³-hybridized carbons (Fsp3) is 0.400. The predicted octanol–water partition coefficient (Wildman–Crippen LogP) is 3.37. The lowest BCUT2D eigenvalue weighted by Gasteiger charge is -2.07. The summed E-state index contributed by atoms with van der Waals surface area (Å²) < 4.78 is 5.15. The molecule has 0 unspecified atom stereocenters. The van der Waals surface area contributed by atoms with E-state index in [9.17, 15) is 4.79 Å². The average Bonchev–Trinajstić information content (AvgIpc) is 2.34. The number of ether oxygens (including phenoxy) is 1. The van der Waals surface area contributed by atoms with Crippen LogP contribution in [0.1, 0.15) is 26.3 Å². The van der Waals surface area contributed by atoms with Crippen molar-refractivity contribution in [3.05, 3.63) is 47.5 Å². The number of allylic oxidation sites excluding steroid dienone is 1. The second-order valence-electron chi connectivity index (χ2n) is 4.57. The van der Waals surface area contributed by atoms with Gasteiger partial charge in [-0.3, -0.25) is 0 Å². The van der Waals surface area contributed by atoms with Gasteiger partial charge in [0.15, 0.2) is 0 Å². The molecule has 0 radical (unpaired) electrons. The van der Waals surface area contributed by atoms with Crippen molar-refractivity contribution >= 4 is 5.97 Å². The summed E-state index contributed by atoms with van der Waals surface area (Å²) in [6.45, 7) is 6.33. The zero-order valence-electron chi connectivity index (χ0n) is 10.8. The Hall–Kier alpha value is -1.57. The minimum atomic E-state index is -0.213. The van der Waals surface area contributed by atoms with E-state index in [1.54, 1.807) is 6.92 Å². The largest absolute Gasteiger partial charge is 0.462 e. The molecule has 0 saturated heterocycles. The lowest BCUT2D eigenvalue weighted by atomic mass is 10.1. The SMILES string of the molecule is CC(=CCc1ccccc1)C(=O)OCC(C)C. The number of esters is 1. The highest BCUT2D eigenvalue weighted by atomic mass is 16.5. The normalized spacial score (nSPS) is 11.6. The molecule has 2 nitrogen and oxygen atoms in total. The van der Waals surface area contributed by atoms with Crippen LogP contribution in [0.25, 0.3) is 0 Å². The van der Waals surface area contributed by atoms with Gasteiger partial charge in [0.1, 0.15) is 0 Å². The molecule has 92 valence electrons. The second kappa shape index (κ2) is 6.89. The van der Waals surface area contributed by atoms with Crippen LogP contribution in [0.15, 0.2) is 42.0 Å². The Kier molecular flexibility index (Phi) is 5.47. The Morgan fingerprint density at radius 3 is 2.53 bits per heavy atom. The van der Waals surface area contributed by atoms with E-state index in [0.29, 0.717) is 18.1 Å². The van der Waals surface area contributed by atoms with E-state index in [1.165, 1.54) is 5.56 Å². The standard InChI is InChI=1S/C15H20O2/c1-12(2)11-17-15(16)13(3)9-10-14-7-5-4-6-8-14/h4-9,12H,10-11H2,1-3H3. The highest BCUT2D eigenvalue weighted by Gasteiger charge is 2.06. The zero-order valence-corrected chi connectivity index (χ0v) is 10.8. The van der Waals surface area contributed by atoms with Crippen molar-refractivity contribution in [2.24, 2.45) is 5.92 Å². The smallest absolute Gasteiger partial charge is 0.333 e. The summed E-state index contributed by atoms with van der Waals surface area (Å²) in [6, 6.07) is 10.1. The molecule has 0 aliphatic carbocycles. The number of hydrogen-bond acceptors (Lipinski definition) is 2. The van der Waals surface area contributed by atoms with Crippen LogP contribution in [0, 0.1) is 5.92 Å². The van der Waals surface area contributed by atoms with Gasteiger partial charge in [-0.2, -0.15) is 0 Å². The minimum absolute atomic E-state index is 0.213. The predicted molar refractivity (Wildman–Crippen MR) is 69.7 cm³/mol. The van der Waals surface area contributed by atoms with Crippen LogP contribution in [0.4, 0.5) is 0 Å². The lowest BCUT2D eigenvalue weighted by molar-refractivity contribution is -0.140. The van der Waals surface area contributed by atoms with E-state index < -0.39 is 0 Å². The van der Waals surface area contributed by atoms with Crippen molar-refractivity contribution in [1.29, 1.82) is 0 Å². The summed E-state index contributed by atoms with van der Waals surface area (Å²) in [5.74, 6) is 0.163. The third-order valence-corrected chi connectivity index (χ3v) is 2.36. The Labute approximate surface area is 103 Å². The van der Waals surface area contributed by atoms with Crippen LogP contribution in [0.5, 0.6) is 0 Å². The third-order valence-electron chi connectivity index (χ3n) is 2.36. The van der Waals surface area contributed by atoms with Gasteiger partial charge < -0.3 is 4.74 Å². The minimum Gasteiger partial charge on any atom is -0.462 e. The molecule has 0 heterocycles. The number of hydrogen-bond donors (Lipinski definition) is 0. The van der Waals surface area contributed by atoms with Crippen LogP contribution in [0.3, 0.4) is 0 Å². The molecular formula is C15H20O2. The molecule has 0 aliphatic heterocycles. The van der Waals surface area contributed by atoms with Gasteiger partial charge in [-0.05, 0) is 24.8 Å². The quantitative estimate of drug-likeness (QED) is 0.574. The van der Waals surface area contributed by atoms with Crippen molar-refractivity contribution in [3.63, 3.8) is 0 Å². The van der Waals surface area contributed by atoms with Crippen molar-refractivity contribution in [3.8, 4) is 0 Å². The molecule has 1 aromatic carbocycles. The molecule has 0 spiro atoms. The Balaban J connectivity index is 2.46. The van der Waals surface area contributed by atoms with Crippen LogP contribution in [-0.4, -0.2) is 12.6 Å². The lowest BCUT2D eigenvalue weighted by Crippen LogP contribution is -2.10. The van der Waals surface area contributed by atoms with Crippen molar-refractivity contribution < 1.29 is 9.53 Å². The summed E-state index contributed by atoms with van der Waals surface area (Å²) in [5.41, 5.74) is 1.87. The van der Waals surface area contributed by atoms with E-state index in [1.807, 2.05) is 50.3 Å². The Morgan fingerprint density at radius 2 is 1.94 bits per heavy atom. The summed E-state index contributed by atoms with van der Waals surface area (Å²) >= 11 is 0. The molecular weight excluding hydrogens is 212 g/mol. The summed E-state index contributed by atoms with van der Waals surface area (Å²) in [5, 5.41) is 0. The molecule has 2 heteroatoms. The first-order valence-electron chi connectivity index (χ1n) is 5.97. The van der Waals surface area contributed by atoms with Crippen LogP contribution < -0.4 is 0 Å². The highest BCUT2D eigenvalue weighted by molar-refractivity contribution is 5.87. The maximum atomic E-state index is 11.6. The fourth-order valence-electron chi connectivity index (χ4n) is 1.32. The molecule has 0 aromatic heterocycles. The Bertz CT molecular complexity index is 377.